The van der Waals surface area contributed by atoms with E-state index in [-0.39, 0.29) is 17.2 Å². The van der Waals surface area contributed by atoms with Gasteiger partial charge in [0, 0.05) is 11.5 Å². The Morgan fingerprint density at radius 3 is 2.74 bits per heavy atom. The summed E-state index contributed by atoms with van der Waals surface area (Å²) < 4.78 is 5.24. The SMILES string of the molecule is CC1=CCC(C(=O)Nc2cc(C(C)(C)C)on2)C=C1. The third-order valence-corrected chi connectivity index (χ3v) is 3.12. The third-order valence-electron chi connectivity index (χ3n) is 3.12. The fourth-order valence-corrected chi connectivity index (χ4v) is 1.83. The molecule has 1 amide bonds. The van der Waals surface area contributed by atoms with Crippen LogP contribution in [0.1, 0.15) is 39.9 Å². The van der Waals surface area contributed by atoms with Gasteiger partial charge in [-0.05, 0) is 13.3 Å². The van der Waals surface area contributed by atoms with Gasteiger partial charge in [0.05, 0.1) is 5.92 Å². The predicted molar refractivity (Wildman–Crippen MR) is 74.8 cm³/mol. The molecule has 1 aromatic rings. The Bertz CT molecular complexity index is 533. The van der Waals surface area contributed by atoms with Crippen molar-refractivity contribution in [2.24, 2.45) is 5.92 Å². The van der Waals surface area contributed by atoms with Crippen molar-refractivity contribution in [3.05, 3.63) is 35.6 Å². The highest BCUT2D eigenvalue weighted by atomic mass is 16.5. The van der Waals surface area contributed by atoms with Crippen LogP contribution in [0, 0.1) is 5.92 Å². The smallest absolute Gasteiger partial charge is 0.232 e. The van der Waals surface area contributed by atoms with Gasteiger partial charge in [0.15, 0.2) is 5.82 Å². The molecule has 1 heterocycles. The van der Waals surface area contributed by atoms with Gasteiger partial charge in [-0.25, -0.2) is 0 Å². The van der Waals surface area contributed by atoms with Crippen LogP contribution < -0.4 is 5.32 Å². The molecular weight excluding hydrogens is 240 g/mol. The Kier molecular flexibility index (Phi) is 3.60. The molecule has 0 saturated carbocycles. The quantitative estimate of drug-likeness (QED) is 0.886. The lowest BCUT2D eigenvalue weighted by molar-refractivity contribution is -0.118. The van der Waals surface area contributed by atoms with Gasteiger partial charge in [-0.1, -0.05) is 49.7 Å². The summed E-state index contributed by atoms with van der Waals surface area (Å²) in [6.45, 7) is 8.14. The molecule has 102 valence electrons. The number of anilines is 1. The standard InChI is InChI=1S/C15H20N2O2/c1-10-5-7-11(8-6-10)14(18)16-13-9-12(19-17-13)15(2,3)4/h5-7,9,11H,8H2,1-4H3,(H,16,17,18). The van der Waals surface area contributed by atoms with Gasteiger partial charge in [0.1, 0.15) is 5.76 Å². The van der Waals surface area contributed by atoms with Crippen molar-refractivity contribution in [3.63, 3.8) is 0 Å². The first-order chi connectivity index (χ1) is 8.86. The molecule has 4 heteroatoms. The molecular formula is C15H20N2O2. The van der Waals surface area contributed by atoms with Crippen LogP contribution in [-0.4, -0.2) is 11.1 Å². The molecule has 0 aliphatic heterocycles. The van der Waals surface area contributed by atoms with Crippen LogP contribution in [0.2, 0.25) is 0 Å². The highest BCUT2D eigenvalue weighted by Gasteiger charge is 2.22. The molecule has 0 aromatic carbocycles. The molecule has 4 nitrogen and oxygen atoms in total. The normalized spacial score (nSPS) is 19.2. The van der Waals surface area contributed by atoms with E-state index in [1.165, 1.54) is 5.57 Å². The zero-order valence-corrected chi connectivity index (χ0v) is 11.9. The first-order valence-electron chi connectivity index (χ1n) is 6.49. The van der Waals surface area contributed by atoms with Crippen LogP contribution in [0.25, 0.3) is 0 Å². The summed E-state index contributed by atoms with van der Waals surface area (Å²) >= 11 is 0. The van der Waals surface area contributed by atoms with Crippen molar-refractivity contribution in [1.82, 2.24) is 5.16 Å². The highest BCUT2D eigenvalue weighted by molar-refractivity contribution is 5.93. The Balaban J connectivity index is 2.00. The van der Waals surface area contributed by atoms with Crippen molar-refractivity contribution >= 4 is 11.7 Å². The fraction of sp³-hybridized carbons (Fsp3) is 0.467. The fourth-order valence-electron chi connectivity index (χ4n) is 1.83. The number of aromatic nitrogens is 1. The monoisotopic (exact) mass is 260 g/mol. The van der Waals surface area contributed by atoms with E-state index >= 15 is 0 Å². The Hall–Kier alpha value is -1.84. The molecule has 1 atom stereocenters. The van der Waals surface area contributed by atoms with E-state index in [2.05, 4.69) is 16.5 Å². The van der Waals surface area contributed by atoms with Gasteiger partial charge < -0.3 is 9.84 Å². The summed E-state index contributed by atoms with van der Waals surface area (Å²) in [5, 5.41) is 6.68. The molecule has 2 rings (SSSR count). The molecule has 1 aliphatic rings. The zero-order valence-electron chi connectivity index (χ0n) is 11.9. The Labute approximate surface area is 113 Å². The molecule has 0 spiro atoms. The number of nitrogens with zero attached hydrogens (tertiary/aromatic N) is 1. The first-order valence-corrected chi connectivity index (χ1v) is 6.49. The Morgan fingerprint density at radius 2 is 2.21 bits per heavy atom. The topological polar surface area (TPSA) is 55.1 Å². The van der Waals surface area contributed by atoms with Crippen LogP contribution in [-0.2, 0) is 10.2 Å². The molecule has 1 unspecified atom stereocenters. The lowest BCUT2D eigenvalue weighted by atomic mass is 9.93. The number of nitrogens with one attached hydrogen (secondary N) is 1. The van der Waals surface area contributed by atoms with Gasteiger partial charge in [0.25, 0.3) is 0 Å². The van der Waals surface area contributed by atoms with E-state index < -0.39 is 0 Å². The van der Waals surface area contributed by atoms with Crippen LogP contribution in [0.3, 0.4) is 0 Å². The Morgan fingerprint density at radius 1 is 1.47 bits per heavy atom. The second kappa shape index (κ2) is 5.03. The number of carbonyl (C=O) groups excluding carboxylic acids is 1. The summed E-state index contributed by atoms with van der Waals surface area (Å²) in [5.41, 5.74) is 1.08. The maximum absolute atomic E-state index is 12.1. The van der Waals surface area contributed by atoms with Crippen LogP contribution in [0.5, 0.6) is 0 Å². The summed E-state index contributed by atoms with van der Waals surface area (Å²) in [4.78, 5) is 12.1. The van der Waals surface area contributed by atoms with Crippen molar-refractivity contribution < 1.29 is 9.32 Å². The molecule has 0 bridgehead atoms. The van der Waals surface area contributed by atoms with E-state index in [1.807, 2.05) is 39.8 Å². The summed E-state index contributed by atoms with van der Waals surface area (Å²) in [6.07, 6.45) is 6.69. The van der Waals surface area contributed by atoms with Crippen molar-refractivity contribution in [1.29, 1.82) is 0 Å². The predicted octanol–water partition coefficient (Wildman–Crippen LogP) is 3.43. The number of hydrogen-bond acceptors (Lipinski definition) is 3. The minimum absolute atomic E-state index is 0.0474. The largest absolute Gasteiger partial charge is 0.359 e. The highest BCUT2D eigenvalue weighted by Crippen LogP contribution is 2.25. The minimum atomic E-state index is -0.126. The van der Waals surface area contributed by atoms with E-state index in [9.17, 15) is 4.79 Å². The van der Waals surface area contributed by atoms with Gasteiger partial charge in [-0.2, -0.15) is 0 Å². The van der Waals surface area contributed by atoms with Crippen LogP contribution >= 0.6 is 0 Å². The van der Waals surface area contributed by atoms with E-state index in [0.29, 0.717) is 5.82 Å². The molecule has 1 N–H and O–H groups in total. The number of allylic oxidation sites excluding steroid dienone is 3. The molecule has 0 radical (unpaired) electrons. The van der Waals surface area contributed by atoms with Crippen molar-refractivity contribution in [2.75, 3.05) is 5.32 Å². The molecule has 19 heavy (non-hydrogen) atoms. The average molecular weight is 260 g/mol. The van der Waals surface area contributed by atoms with Gasteiger partial charge in [0.2, 0.25) is 5.91 Å². The van der Waals surface area contributed by atoms with E-state index in [4.69, 9.17) is 4.52 Å². The van der Waals surface area contributed by atoms with Crippen LogP contribution in [0.15, 0.2) is 34.4 Å². The van der Waals surface area contributed by atoms with Gasteiger partial charge in [-0.15, -0.1) is 0 Å². The second-order valence-corrected chi connectivity index (χ2v) is 5.97. The van der Waals surface area contributed by atoms with E-state index in [0.717, 1.165) is 12.2 Å². The summed E-state index contributed by atoms with van der Waals surface area (Å²) in [6, 6.07) is 1.78. The molecule has 1 aromatic heterocycles. The molecule has 0 saturated heterocycles. The summed E-state index contributed by atoms with van der Waals surface area (Å²) in [5.74, 6) is 1.07. The number of amides is 1. The minimum Gasteiger partial charge on any atom is -0.359 e. The van der Waals surface area contributed by atoms with Crippen molar-refractivity contribution in [2.45, 2.75) is 39.5 Å². The molecule has 1 aliphatic carbocycles. The van der Waals surface area contributed by atoms with Gasteiger partial charge >= 0.3 is 0 Å². The maximum Gasteiger partial charge on any atom is 0.232 e. The zero-order chi connectivity index (χ0) is 14.0. The number of hydrogen-bond donors (Lipinski definition) is 1. The van der Waals surface area contributed by atoms with Gasteiger partial charge in [-0.3, -0.25) is 4.79 Å². The lowest BCUT2D eigenvalue weighted by Crippen LogP contribution is -2.22. The number of rotatable bonds is 2. The maximum atomic E-state index is 12.1. The summed E-state index contributed by atoms with van der Waals surface area (Å²) in [7, 11) is 0. The molecule has 0 fully saturated rings. The number of carbonyl (C=O) groups is 1. The van der Waals surface area contributed by atoms with Crippen molar-refractivity contribution in [3.8, 4) is 0 Å². The third kappa shape index (κ3) is 3.34. The van der Waals surface area contributed by atoms with E-state index in [1.54, 1.807) is 6.07 Å². The van der Waals surface area contributed by atoms with Crippen LogP contribution in [0.4, 0.5) is 5.82 Å². The lowest BCUT2D eigenvalue weighted by Gasteiger charge is -2.13. The second-order valence-electron chi connectivity index (χ2n) is 5.97. The first kappa shape index (κ1) is 13.6. The average Bonchev–Trinajstić information content (AvgIpc) is 2.78.